The Labute approximate surface area is 170 Å². The highest BCUT2D eigenvalue weighted by Gasteiger charge is 2.15. The number of hydrogen-bond donors (Lipinski definition) is 1. The molecule has 7 nitrogen and oxygen atoms in total. The van der Waals surface area contributed by atoms with Gasteiger partial charge in [0.15, 0.2) is 23.0 Å². The number of aromatic hydroxyl groups is 1. The maximum Gasteiger partial charge on any atom is 0.162 e. The fraction of sp³-hybridized carbons (Fsp3) is 0.364. The van der Waals surface area contributed by atoms with E-state index in [-0.39, 0.29) is 5.75 Å². The second-order valence-corrected chi connectivity index (χ2v) is 6.34. The summed E-state index contributed by atoms with van der Waals surface area (Å²) in [6.07, 6.45) is 2.08. The maximum atomic E-state index is 9.10. The molecule has 2 aromatic rings. The first kappa shape index (κ1) is 21.9. The van der Waals surface area contributed by atoms with Crippen LogP contribution in [0.5, 0.6) is 23.0 Å². The quantitative estimate of drug-likeness (QED) is 0.822. The predicted octanol–water partition coefficient (Wildman–Crippen LogP) is 3.64. The van der Waals surface area contributed by atoms with Crippen LogP contribution in [0.25, 0.3) is 0 Å². The first-order valence-electron chi connectivity index (χ1n) is 9.17. The molecule has 0 aromatic heterocycles. The molecule has 0 spiro atoms. The van der Waals surface area contributed by atoms with Crippen LogP contribution in [-0.4, -0.2) is 39.1 Å². The molecular weight excluding hydrogens is 372 g/mol. The summed E-state index contributed by atoms with van der Waals surface area (Å²) in [6, 6.07) is 13.7. The van der Waals surface area contributed by atoms with Crippen molar-refractivity contribution in [3.63, 3.8) is 0 Å². The lowest BCUT2D eigenvalue weighted by molar-refractivity contribution is 0.0493. The summed E-state index contributed by atoms with van der Waals surface area (Å²) in [6.45, 7) is 2.31. The molecule has 152 valence electrons. The van der Waals surface area contributed by atoms with Gasteiger partial charge in [-0.1, -0.05) is 0 Å². The first-order valence-corrected chi connectivity index (χ1v) is 9.17. The van der Waals surface area contributed by atoms with E-state index in [4.69, 9.17) is 34.6 Å². The average Bonchev–Trinajstić information content (AvgIpc) is 2.79. The molecule has 2 aromatic carbocycles. The van der Waals surface area contributed by atoms with E-state index in [9.17, 15) is 0 Å². The van der Waals surface area contributed by atoms with Crippen molar-refractivity contribution in [3.05, 3.63) is 47.5 Å². The van der Waals surface area contributed by atoms with Gasteiger partial charge in [0.2, 0.25) is 0 Å². The number of phenolic OH excluding ortho intramolecular Hbond substituents is 1. The standard InChI is InChI=1S/C14H17NO3.C8H7NO2/c1-16-14-8-12(9-15)2-3-13(14)18-10-11-4-6-17-7-5-11;1-11-8-4-6(5-9)2-3-7(8)10/h2-3,8,11H,4-7,10H2,1H3;2-4,10H,1H3. The Balaban J connectivity index is 0.000000234. The normalized spacial score (nSPS) is 13.2. The fourth-order valence-corrected chi connectivity index (χ4v) is 2.72. The van der Waals surface area contributed by atoms with Crippen molar-refractivity contribution in [3.8, 4) is 35.1 Å². The van der Waals surface area contributed by atoms with E-state index < -0.39 is 0 Å². The minimum atomic E-state index is 0.0477. The van der Waals surface area contributed by atoms with Gasteiger partial charge in [-0.3, -0.25) is 0 Å². The molecule has 29 heavy (non-hydrogen) atoms. The van der Waals surface area contributed by atoms with Crippen molar-refractivity contribution in [1.29, 1.82) is 10.5 Å². The van der Waals surface area contributed by atoms with Gasteiger partial charge in [-0.2, -0.15) is 10.5 Å². The van der Waals surface area contributed by atoms with Crippen LogP contribution in [0.1, 0.15) is 24.0 Å². The highest BCUT2D eigenvalue weighted by molar-refractivity contribution is 5.47. The summed E-state index contributed by atoms with van der Waals surface area (Å²) in [4.78, 5) is 0. The van der Waals surface area contributed by atoms with E-state index >= 15 is 0 Å². The number of phenols is 1. The van der Waals surface area contributed by atoms with Crippen LogP contribution in [0.4, 0.5) is 0 Å². The van der Waals surface area contributed by atoms with E-state index in [0.717, 1.165) is 26.1 Å². The van der Waals surface area contributed by atoms with Crippen molar-refractivity contribution in [2.75, 3.05) is 34.0 Å². The zero-order valence-corrected chi connectivity index (χ0v) is 16.6. The largest absolute Gasteiger partial charge is 0.504 e. The van der Waals surface area contributed by atoms with Crippen molar-refractivity contribution in [2.24, 2.45) is 5.92 Å². The van der Waals surface area contributed by atoms with E-state index in [1.165, 1.54) is 25.3 Å². The van der Waals surface area contributed by atoms with E-state index in [0.29, 0.717) is 40.9 Å². The molecule has 1 heterocycles. The molecule has 1 fully saturated rings. The van der Waals surface area contributed by atoms with Gasteiger partial charge in [0.05, 0.1) is 44.1 Å². The summed E-state index contributed by atoms with van der Waals surface area (Å²) >= 11 is 0. The minimum absolute atomic E-state index is 0.0477. The van der Waals surface area contributed by atoms with Gasteiger partial charge in [-0.25, -0.2) is 0 Å². The molecule has 0 bridgehead atoms. The lowest BCUT2D eigenvalue weighted by Gasteiger charge is -2.22. The summed E-state index contributed by atoms with van der Waals surface area (Å²) in [5, 5.41) is 26.4. The van der Waals surface area contributed by atoms with Crippen LogP contribution in [0.15, 0.2) is 36.4 Å². The molecule has 1 saturated heterocycles. The third-order valence-electron chi connectivity index (χ3n) is 4.42. The van der Waals surface area contributed by atoms with Crippen LogP contribution in [-0.2, 0) is 4.74 Å². The summed E-state index contributed by atoms with van der Waals surface area (Å²) < 4.78 is 21.1. The third-order valence-corrected chi connectivity index (χ3v) is 4.42. The molecule has 0 amide bonds. The van der Waals surface area contributed by atoms with Gasteiger partial charge in [-0.05, 0) is 43.0 Å². The van der Waals surface area contributed by atoms with Gasteiger partial charge in [0.1, 0.15) is 0 Å². The molecule has 0 saturated carbocycles. The lowest BCUT2D eigenvalue weighted by Crippen LogP contribution is -2.21. The van der Waals surface area contributed by atoms with Gasteiger partial charge in [-0.15, -0.1) is 0 Å². The van der Waals surface area contributed by atoms with Crippen molar-refractivity contribution < 1.29 is 24.1 Å². The highest BCUT2D eigenvalue weighted by Crippen LogP contribution is 2.29. The molecule has 0 unspecified atom stereocenters. The van der Waals surface area contributed by atoms with E-state index in [1.54, 1.807) is 25.3 Å². The smallest absolute Gasteiger partial charge is 0.162 e. The number of rotatable bonds is 5. The Morgan fingerprint density at radius 3 is 2.10 bits per heavy atom. The summed E-state index contributed by atoms with van der Waals surface area (Å²) in [5.41, 5.74) is 1.05. The summed E-state index contributed by atoms with van der Waals surface area (Å²) in [5.74, 6) is 2.22. The van der Waals surface area contributed by atoms with Crippen molar-refractivity contribution >= 4 is 0 Å². The molecule has 7 heteroatoms. The highest BCUT2D eigenvalue weighted by atomic mass is 16.5. The van der Waals surface area contributed by atoms with Crippen LogP contribution in [0.2, 0.25) is 0 Å². The second kappa shape index (κ2) is 11.4. The Bertz CT molecular complexity index is 880. The van der Waals surface area contributed by atoms with Gasteiger partial charge in [0.25, 0.3) is 0 Å². The van der Waals surface area contributed by atoms with Crippen LogP contribution in [0, 0.1) is 28.6 Å². The Morgan fingerprint density at radius 2 is 1.52 bits per heavy atom. The van der Waals surface area contributed by atoms with E-state index in [2.05, 4.69) is 6.07 Å². The van der Waals surface area contributed by atoms with E-state index in [1.807, 2.05) is 6.07 Å². The number of methoxy groups -OCH3 is 2. The fourth-order valence-electron chi connectivity index (χ4n) is 2.72. The molecule has 0 atom stereocenters. The second-order valence-electron chi connectivity index (χ2n) is 6.34. The van der Waals surface area contributed by atoms with Crippen LogP contribution < -0.4 is 14.2 Å². The Hall–Kier alpha value is -3.42. The molecule has 1 aliphatic heterocycles. The zero-order valence-electron chi connectivity index (χ0n) is 16.6. The number of nitriles is 2. The molecular formula is C22H24N2O5. The summed E-state index contributed by atoms with van der Waals surface area (Å²) in [7, 11) is 3.02. The monoisotopic (exact) mass is 396 g/mol. The zero-order chi connectivity index (χ0) is 21.1. The number of benzene rings is 2. The SMILES string of the molecule is COc1cc(C#N)ccc1O.COc1cc(C#N)ccc1OCC1CCOCC1. The van der Waals surface area contributed by atoms with Crippen molar-refractivity contribution in [2.45, 2.75) is 12.8 Å². The van der Waals surface area contributed by atoms with Crippen molar-refractivity contribution in [1.82, 2.24) is 0 Å². The first-order chi connectivity index (χ1) is 14.1. The Morgan fingerprint density at radius 1 is 0.931 bits per heavy atom. The topological polar surface area (TPSA) is 105 Å². The lowest BCUT2D eigenvalue weighted by atomic mass is 10.0. The van der Waals surface area contributed by atoms with Gasteiger partial charge in [0, 0.05) is 25.3 Å². The number of ether oxygens (including phenoxy) is 4. The maximum absolute atomic E-state index is 9.10. The predicted molar refractivity (Wildman–Crippen MR) is 106 cm³/mol. The van der Waals surface area contributed by atoms with Crippen LogP contribution >= 0.6 is 0 Å². The number of hydrogen-bond acceptors (Lipinski definition) is 7. The van der Waals surface area contributed by atoms with Gasteiger partial charge >= 0.3 is 0 Å². The molecule has 3 rings (SSSR count). The molecule has 0 radical (unpaired) electrons. The number of nitrogens with zero attached hydrogens (tertiary/aromatic N) is 2. The Kier molecular flexibility index (Phi) is 8.62. The average molecular weight is 396 g/mol. The van der Waals surface area contributed by atoms with Crippen LogP contribution in [0.3, 0.4) is 0 Å². The third kappa shape index (κ3) is 6.60. The minimum Gasteiger partial charge on any atom is -0.504 e. The molecule has 0 aliphatic carbocycles. The molecule has 1 N–H and O–H groups in total. The van der Waals surface area contributed by atoms with Gasteiger partial charge < -0.3 is 24.1 Å². The molecule has 1 aliphatic rings.